The fraction of sp³-hybridized carbons (Fsp3) is 0.300. The summed E-state index contributed by atoms with van der Waals surface area (Å²) in [5.74, 6) is 0.756. The van der Waals surface area contributed by atoms with E-state index in [9.17, 15) is 4.79 Å². The number of nitrogens with zero attached hydrogens (tertiary/aromatic N) is 6. The molecule has 0 bridgehead atoms. The summed E-state index contributed by atoms with van der Waals surface area (Å²) in [6.45, 7) is 5.06. The highest BCUT2D eigenvalue weighted by atomic mass is 35.5. The Balaban J connectivity index is 1.84. The number of nitrogen functional groups attached to an aromatic ring is 1. The summed E-state index contributed by atoms with van der Waals surface area (Å²) in [6.07, 6.45) is 5.60. The Morgan fingerprint density at radius 1 is 1.13 bits per heavy atom. The van der Waals surface area contributed by atoms with Crippen LogP contribution in [0, 0.1) is 13.8 Å². The summed E-state index contributed by atoms with van der Waals surface area (Å²) < 4.78 is 10.6. The number of nitrogens with two attached hydrogens (primary N) is 1. The molecule has 0 saturated heterocycles. The van der Waals surface area contributed by atoms with Crippen LogP contribution in [0.3, 0.4) is 0 Å². The van der Waals surface area contributed by atoms with Crippen LogP contribution >= 0.6 is 11.6 Å². The number of aryl methyl sites for hydroxylation is 3. The Morgan fingerprint density at radius 3 is 2.57 bits per heavy atom. The Labute approximate surface area is 177 Å². The first kappa shape index (κ1) is 20.0. The molecular weight excluding hydrogens is 406 g/mol. The molecule has 156 valence electrons. The molecule has 0 spiro atoms. The first-order valence-corrected chi connectivity index (χ1v) is 9.80. The Morgan fingerprint density at radius 2 is 1.87 bits per heavy atom. The second kappa shape index (κ2) is 7.83. The molecule has 0 atom stereocenters. The monoisotopic (exact) mass is 427 g/mol. The van der Waals surface area contributed by atoms with Crippen molar-refractivity contribution in [1.82, 2.24) is 28.7 Å². The van der Waals surface area contributed by atoms with E-state index < -0.39 is 0 Å². The number of hydrogen-bond donors (Lipinski definition) is 1. The van der Waals surface area contributed by atoms with Gasteiger partial charge in [0, 0.05) is 42.8 Å². The second-order valence-corrected chi connectivity index (χ2v) is 7.39. The molecule has 4 aromatic heterocycles. The molecule has 0 aliphatic rings. The van der Waals surface area contributed by atoms with Crippen LogP contribution in [0.4, 0.5) is 5.95 Å². The predicted octanol–water partition coefficient (Wildman–Crippen LogP) is 2.40. The summed E-state index contributed by atoms with van der Waals surface area (Å²) in [4.78, 5) is 26.2. The maximum absolute atomic E-state index is 13.3. The SMILES string of the molecule is COc1c(C)cnc(Cn2c(=O)n(CCn3cccc3)c3c(Cl)nc(N)nc32)c1C. The number of ether oxygens (including phenoxy) is 1. The molecule has 0 saturated carbocycles. The van der Waals surface area contributed by atoms with E-state index in [0.717, 1.165) is 16.9 Å². The lowest BCUT2D eigenvalue weighted by Crippen LogP contribution is -2.26. The van der Waals surface area contributed by atoms with Gasteiger partial charge in [-0.2, -0.15) is 9.97 Å². The van der Waals surface area contributed by atoms with Crippen molar-refractivity contribution in [2.45, 2.75) is 33.5 Å². The number of pyridine rings is 1. The van der Waals surface area contributed by atoms with Gasteiger partial charge >= 0.3 is 5.69 Å². The zero-order chi connectivity index (χ0) is 21.4. The first-order valence-electron chi connectivity index (χ1n) is 9.42. The molecule has 0 unspecified atom stereocenters. The van der Waals surface area contributed by atoms with Crippen molar-refractivity contribution in [3.63, 3.8) is 0 Å². The molecule has 2 N–H and O–H groups in total. The number of hydrogen-bond acceptors (Lipinski definition) is 6. The van der Waals surface area contributed by atoms with Crippen molar-refractivity contribution in [2.24, 2.45) is 0 Å². The number of imidazole rings is 1. The lowest BCUT2D eigenvalue weighted by atomic mass is 10.1. The average molecular weight is 428 g/mol. The van der Waals surface area contributed by atoms with E-state index in [1.165, 1.54) is 4.57 Å². The fourth-order valence-corrected chi connectivity index (χ4v) is 3.92. The van der Waals surface area contributed by atoms with Crippen molar-refractivity contribution in [1.29, 1.82) is 0 Å². The van der Waals surface area contributed by atoms with Crippen molar-refractivity contribution in [3.05, 3.63) is 63.2 Å². The number of methoxy groups -OCH3 is 1. The highest BCUT2D eigenvalue weighted by molar-refractivity contribution is 6.33. The van der Waals surface area contributed by atoms with Gasteiger partial charge in [-0.25, -0.2) is 4.79 Å². The molecule has 0 radical (unpaired) electrons. The number of aromatic nitrogens is 6. The minimum absolute atomic E-state index is 0.00924. The van der Waals surface area contributed by atoms with Gasteiger partial charge in [-0.3, -0.25) is 14.1 Å². The van der Waals surface area contributed by atoms with Crippen LogP contribution in [-0.2, 0) is 19.6 Å². The van der Waals surface area contributed by atoms with Gasteiger partial charge in [0.2, 0.25) is 5.95 Å². The third kappa shape index (κ3) is 3.41. The molecule has 4 aromatic rings. The van der Waals surface area contributed by atoms with E-state index in [2.05, 4.69) is 15.0 Å². The van der Waals surface area contributed by atoms with Gasteiger partial charge in [-0.05, 0) is 26.0 Å². The Hall–Kier alpha value is -3.33. The van der Waals surface area contributed by atoms with Crippen molar-refractivity contribution in [2.75, 3.05) is 12.8 Å². The summed E-state index contributed by atoms with van der Waals surface area (Å²) in [5, 5.41) is 0.145. The van der Waals surface area contributed by atoms with Crippen LogP contribution in [-0.4, -0.2) is 35.8 Å². The van der Waals surface area contributed by atoms with Gasteiger partial charge in [-0.1, -0.05) is 11.6 Å². The van der Waals surface area contributed by atoms with Gasteiger partial charge < -0.3 is 15.0 Å². The van der Waals surface area contributed by atoms with Gasteiger partial charge in [0.25, 0.3) is 0 Å². The Kier molecular flexibility index (Phi) is 5.21. The maximum atomic E-state index is 13.3. The van der Waals surface area contributed by atoms with E-state index in [0.29, 0.717) is 29.9 Å². The molecule has 0 amide bonds. The number of rotatable bonds is 6. The molecule has 4 heterocycles. The summed E-state index contributed by atoms with van der Waals surface area (Å²) in [6, 6.07) is 3.87. The van der Waals surface area contributed by atoms with Crippen LogP contribution in [0.1, 0.15) is 16.8 Å². The lowest BCUT2D eigenvalue weighted by molar-refractivity contribution is 0.406. The standard InChI is InChI=1S/C20H22ClN7O2/c1-12-10-23-14(13(2)16(12)30-3)11-28-18-15(17(21)24-19(22)25-18)27(20(28)29)9-8-26-6-4-5-7-26/h4-7,10H,8-9,11H2,1-3H3,(H2,22,24,25). The van der Waals surface area contributed by atoms with Gasteiger partial charge in [0.1, 0.15) is 11.3 Å². The first-order chi connectivity index (χ1) is 14.4. The van der Waals surface area contributed by atoms with Crippen LogP contribution in [0.25, 0.3) is 11.2 Å². The number of fused-ring (bicyclic) bond motifs is 1. The van der Waals surface area contributed by atoms with Crippen LogP contribution in [0.15, 0.2) is 35.5 Å². The van der Waals surface area contributed by atoms with E-state index in [-0.39, 0.29) is 23.3 Å². The quantitative estimate of drug-likeness (QED) is 0.473. The largest absolute Gasteiger partial charge is 0.496 e. The third-order valence-corrected chi connectivity index (χ3v) is 5.40. The fourth-order valence-electron chi connectivity index (χ4n) is 3.65. The van der Waals surface area contributed by atoms with E-state index in [4.69, 9.17) is 22.1 Å². The normalized spacial score (nSPS) is 11.3. The lowest BCUT2D eigenvalue weighted by Gasteiger charge is -2.12. The van der Waals surface area contributed by atoms with E-state index in [1.807, 2.05) is 42.9 Å². The summed E-state index contributed by atoms with van der Waals surface area (Å²) >= 11 is 6.37. The molecule has 0 aliphatic heterocycles. The minimum Gasteiger partial charge on any atom is -0.496 e. The molecule has 10 heteroatoms. The van der Waals surface area contributed by atoms with E-state index >= 15 is 0 Å². The zero-order valence-corrected chi connectivity index (χ0v) is 17.7. The van der Waals surface area contributed by atoms with Crippen LogP contribution in [0.5, 0.6) is 5.75 Å². The van der Waals surface area contributed by atoms with Crippen molar-refractivity contribution in [3.8, 4) is 5.75 Å². The van der Waals surface area contributed by atoms with Gasteiger partial charge in [0.05, 0.1) is 19.3 Å². The molecule has 0 fully saturated rings. The molecule has 9 nitrogen and oxygen atoms in total. The summed E-state index contributed by atoms with van der Waals surface area (Å²) in [7, 11) is 1.62. The third-order valence-electron chi connectivity index (χ3n) is 5.13. The highest BCUT2D eigenvalue weighted by Crippen LogP contribution is 2.26. The van der Waals surface area contributed by atoms with Crippen molar-refractivity contribution < 1.29 is 4.74 Å². The minimum atomic E-state index is -0.250. The van der Waals surface area contributed by atoms with Gasteiger partial charge in [0.15, 0.2) is 10.8 Å². The van der Waals surface area contributed by atoms with Crippen LogP contribution in [0.2, 0.25) is 5.15 Å². The van der Waals surface area contributed by atoms with Crippen molar-refractivity contribution >= 4 is 28.7 Å². The summed E-state index contributed by atoms with van der Waals surface area (Å²) in [5.41, 5.74) is 8.91. The molecule has 4 rings (SSSR count). The smallest absolute Gasteiger partial charge is 0.330 e. The zero-order valence-electron chi connectivity index (χ0n) is 17.0. The molecular formula is C20H22ClN7O2. The topological polar surface area (TPSA) is 106 Å². The Bertz CT molecular complexity index is 1280. The van der Waals surface area contributed by atoms with E-state index in [1.54, 1.807) is 17.9 Å². The van der Waals surface area contributed by atoms with Crippen LogP contribution < -0.4 is 16.2 Å². The molecule has 0 aromatic carbocycles. The second-order valence-electron chi connectivity index (χ2n) is 7.03. The molecule has 0 aliphatic carbocycles. The molecule has 30 heavy (non-hydrogen) atoms. The number of halogens is 1. The predicted molar refractivity (Wildman–Crippen MR) is 115 cm³/mol. The highest BCUT2D eigenvalue weighted by Gasteiger charge is 2.21. The average Bonchev–Trinajstić information content (AvgIpc) is 3.30. The van der Waals surface area contributed by atoms with Gasteiger partial charge in [-0.15, -0.1) is 0 Å². The number of anilines is 1. The maximum Gasteiger partial charge on any atom is 0.330 e.